The van der Waals surface area contributed by atoms with Crippen LogP contribution in [0.4, 0.5) is 0 Å². The predicted octanol–water partition coefficient (Wildman–Crippen LogP) is 0.336. The maximum absolute atomic E-state index is 12.5. The molecular weight excluding hydrogens is 246 g/mol. The highest BCUT2D eigenvalue weighted by Gasteiger charge is 2.43. The van der Waals surface area contributed by atoms with Gasteiger partial charge in [-0.2, -0.15) is 5.26 Å². The Morgan fingerprint density at radius 2 is 1.63 bits per heavy atom. The van der Waals surface area contributed by atoms with Crippen molar-refractivity contribution >= 4 is 17.7 Å². The van der Waals surface area contributed by atoms with Gasteiger partial charge in [-0.1, -0.05) is 25.7 Å². The van der Waals surface area contributed by atoms with Gasteiger partial charge in [0.05, 0.1) is 6.07 Å². The van der Waals surface area contributed by atoms with Gasteiger partial charge in [-0.25, -0.2) is 0 Å². The van der Waals surface area contributed by atoms with Gasteiger partial charge in [0.25, 0.3) is 0 Å². The first kappa shape index (κ1) is 13.5. The molecule has 0 bridgehead atoms. The first-order valence-corrected chi connectivity index (χ1v) is 6.61. The molecular formula is C13H17N3O3. The van der Waals surface area contributed by atoms with Crippen LogP contribution in [0.2, 0.25) is 0 Å². The number of hydrogen-bond donors (Lipinski definition) is 1. The van der Waals surface area contributed by atoms with Gasteiger partial charge in [0, 0.05) is 0 Å². The summed E-state index contributed by atoms with van der Waals surface area (Å²) in [4.78, 5) is 36.4. The molecule has 1 aliphatic carbocycles. The lowest BCUT2D eigenvalue weighted by Crippen LogP contribution is -2.56. The normalized spacial score (nSPS) is 23.2. The molecule has 2 rings (SSSR count). The van der Waals surface area contributed by atoms with Crippen LogP contribution in [0.3, 0.4) is 0 Å². The molecule has 6 nitrogen and oxygen atoms in total. The van der Waals surface area contributed by atoms with Crippen molar-refractivity contribution in [3.8, 4) is 6.07 Å². The van der Waals surface area contributed by atoms with Gasteiger partial charge in [-0.3, -0.25) is 19.7 Å². The second-order valence-electron chi connectivity index (χ2n) is 5.24. The van der Waals surface area contributed by atoms with Gasteiger partial charge >= 0.3 is 0 Å². The van der Waals surface area contributed by atoms with Crippen LogP contribution in [0.15, 0.2) is 0 Å². The zero-order valence-electron chi connectivity index (χ0n) is 10.8. The standard InChI is InChI=1S/C13H17N3O3/c14-9-13(5-3-1-2-4-6-13)12(19)16-7-10(17)15-11(18)8-16/h1-8H2,(H,15,17,18). The van der Waals surface area contributed by atoms with Gasteiger partial charge in [-0.05, 0) is 12.8 Å². The van der Waals surface area contributed by atoms with Crippen LogP contribution >= 0.6 is 0 Å². The van der Waals surface area contributed by atoms with E-state index in [0.29, 0.717) is 12.8 Å². The number of nitrogens with one attached hydrogen (secondary N) is 1. The minimum Gasteiger partial charge on any atom is -0.323 e. The third-order valence-electron chi connectivity index (χ3n) is 3.82. The highest BCUT2D eigenvalue weighted by atomic mass is 16.2. The summed E-state index contributed by atoms with van der Waals surface area (Å²) in [5.74, 6) is -1.32. The average molecular weight is 263 g/mol. The Morgan fingerprint density at radius 1 is 1.11 bits per heavy atom. The molecule has 102 valence electrons. The number of nitrogens with zero attached hydrogens (tertiary/aromatic N) is 2. The summed E-state index contributed by atoms with van der Waals surface area (Å²) < 4.78 is 0. The van der Waals surface area contributed by atoms with Gasteiger partial charge in [0.1, 0.15) is 18.5 Å². The van der Waals surface area contributed by atoms with E-state index in [0.717, 1.165) is 25.7 Å². The Bertz CT molecular complexity index is 429. The molecule has 0 radical (unpaired) electrons. The van der Waals surface area contributed by atoms with Crippen molar-refractivity contribution in [2.75, 3.05) is 13.1 Å². The van der Waals surface area contributed by atoms with Crippen molar-refractivity contribution in [2.24, 2.45) is 5.41 Å². The van der Waals surface area contributed by atoms with E-state index >= 15 is 0 Å². The zero-order chi connectivity index (χ0) is 13.9. The smallest absolute Gasteiger partial charge is 0.246 e. The fourth-order valence-corrected chi connectivity index (χ4v) is 2.79. The number of hydrogen-bond acceptors (Lipinski definition) is 4. The molecule has 3 amide bonds. The highest BCUT2D eigenvalue weighted by molar-refractivity contribution is 6.03. The van der Waals surface area contributed by atoms with Gasteiger partial charge in [0.15, 0.2) is 0 Å². The van der Waals surface area contributed by atoms with Crippen molar-refractivity contribution < 1.29 is 14.4 Å². The molecule has 6 heteroatoms. The summed E-state index contributed by atoms with van der Waals surface area (Å²) in [6.45, 7) is -0.262. The predicted molar refractivity (Wildman–Crippen MR) is 65.5 cm³/mol. The van der Waals surface area contributed by atoms with Crippen molar-refractivity contribution in [1.82, 2.24) is 10.2 Å². The van der Waals surface area contributed by atoms with E-state index in [-0.39, 0.29) is 19.0 Å². The van der Waals surface area contributed by atoms with Crippen molar-refractivity contribution in [1.29, 1.82) is 5.26 Å². The van der Waals surface area contributed by atoms with E-state index < -0.39 is 17.2 Å². The molecule has 2 fully saturated rings. The summed E-state index contributed by atoms with van der Waals surface area (Å²) in [6.07, 6.45) is 4.77. The molecule has 19 heavy (non-hydrogen) atoms. The molecule has 1 saturated heterocycles. The summed E-state index contributed by atoms with van der Waals surface area (Å²) in [6, 6.07) is 2.15. The maximum Gasteiger partial charge on any atom is 0.246 e. The maximum atomic E-state index is 12.5. The minimum absolute atomic E-state index is 0.131. The van der Waals surface area contributed by atoms with E-state index in [1.165, 1.54) is 4.90 Å². The average Bonchev–Trinajstić information content (AvgIpc) is 2.63. The quantitative estimate of drug-likeness (QED) is 0.545. The molecule has 1 heterocycles. The summed E-state index contributed by atoms with van der Waals surface area (Å²) in [7, 11) is 0. The van der Waals surface area contributed by atoms with E-state index in [1.807, 2.05) is 0 Å². The number of imide groups is 1. The molecule has 0 unspecified atom stereocenters. The van der Waals surface area contributed by atoms with E-state index in [2.05, 4.69) is 11.4 Å². The number of carbonyl (C=O) groups excluding carboxylic acids is 3. The van der Waals surface area contributed by atoms with Crippen LogP contribution in [-0.2, 0) is 14.4 Å². The topological polar surface area (TPSA) is 90.3 Å². The number of piperazine rings is 1. The summed E-state index contributed by atoms with van der Waals surface area (Å²) >= 11 is 0. The second kappa shape index (κ2) is 5.39. The molecule has 0 atom stereocenters. The van der Waals surface area contributed by atoms with Crippen LogP contribution in [0.1, 0.15) is 38.5 Å². The fourth-order valence-electron chi connectivity index (χ4n) is 2.79. The minimum atomic E-state index is -1.05. The third-order valence-corrected chi connectivity index (χ3v) is 3.82. The SMILES string of the molecule is N#CC1(C(=O)N2CC(=O)NC(=O)C2)CCCCCC1. The van der Waals surface area contributed by atoms with Gasteiger partial charge in [-0.15, -0.1) is 0 Å². The highest BCUT2D eigenvalue weighted by Crippen LogP contribution is 2.36. The fraction of sp³-hybridized carbons (Fsp3) is 0.692. The Morgan fingerprint density at radius 3 is 2.11 bits per heavy atom. The Labute approximate surface area is 111 Å². The zero-order valence-corrected chi connectivity index (χ0v) is 10.8. The lowest BCUT2D eigenvalue weighted by molar-refractivity contribution is -0.150. The van der Waals surface area contributed by atoms with E-state index in [9.17, 15) is 19.6 Å². The summed E-state index contributed by atoms with van der Waals surface area (Å²) in [5.41, 5.74) is -1.05. The first-order chi connectivity index (χ1) is 9.07. The first-order valence-electron chi connectivity index (χ1n) is 6.61. The molecule has 2 aliphatic rings. The molecule has 0 aromatic heterocycles. The van der Waals surface area contributed by atoms with E-state index in [4.69, 9.17) is 0 Å². The van der Waals surface area contributed by atoms with Crippen molar-refractivity contribution in [3.63, 3.8) is 0 Å². The Balaban J connectivity index is 2.18. The van der Waals surface area contributed by atoms with Crippen LogP contribution in [0.5, 0.6) is 0 Å². The summed E-state index contributed by atoms with van der Waals surface area (Å²) in [5, 5.41) is 11.6. The molecule has 0 aromatic carbocycles. The second-order valence-corrected chi connectivity index (χ2v) is 5.24. The number of nitriles is 1. The van der Waals surface area contributed by atoms with Crippen LogP contribution in [-0.4, -0.2) is 35.7 Å². The number of rotatable bonds is 1. The lowest BCUT2D eigenvalue weighted by Gasteiger charge is -2.33. The Kier molecular flexibility index (Phi) is 3.84. The lowest BCUT2D eigenvalue weighted by atomic mass is 9.80. The largest absolute Gasteiger partial charge is 0.323 e. The van der Waals surface area contributed by atoms with E-state index in [1.54, 1.807) is 0 Å². The Hall–Kier alpha value is -1.90. The molecule has 1 N–H and O–H groups in total. The van der Waals surface area contributed by atoms with Crippen LogP contribution in [0.25, 0.3) is 0 Å². The number of carbonyl (C=O) groups is 3. The van der Waals surface area contributed by atoms with Crippen molar-refractivity contribution in [3.05, 3.63) is 0 Å². The van der Waals surface area contributed by atoms with Gasteiger partial charge < -0.3 is 4.90 Å². The van der Waals surface area contributed by atoms with Crippen molar-refractivity contribution in [2.45, 2.75) is 38.5 Å². The molecule has 1 aliphatic heterocycles. The number of amides is 3. The molecule has 0 aromatic rings. The van der Waals surface area contributed by atoms with Crippen LogP contribution < -0.4 is 5.32 Å². The van der Waals surface area contributed by atoms with Crippen LogP contribution in [0, 0.1) is 16.7 Å². The van der Waals surface area contributed by atoms with Gasteiger partial charge in [0.2, 0.25) is 17.7 Å². The molecule has 0 spiro atoms. The monoisotopic (exact) mass is 263 g/mol. The third kappa shape index (κ3) is 2.75. The molecule has 1 saturated carbocycles.